The SMILES string of the molecule is CC1CCCCN1C(=O)CN1CCN(Cc2cccc(N)c2)CC1. The van der Waals surface area contributed by atoms with E-state index in [2.05, 4.69) is 27.7 Å². The summed E-state index contributed by atoms with van der Waals surface area (Å²) in [4.78, 5) is 19.4. The Hall–Kier alpha value is -1.59. The fourth-order valence-electron chi connectivity index (χ4n) is 3.81. The van der Waals surface area contributed by atoms with E-state index < -0.39 is 0 Å². The molecule has 2 heterocycles. The number of hydrogen-bond donors (Lipinski definition) is 1. The van der Waals surface area contributed by atoms with Crippen molar-refractivity contribution in [2.24, 2.45) is 0 Å². The van der Waals surface area contributed by atoms with Crippen LogP contribution >= 0.6 is 0 Å². The van der Waals surface area contributed by atoms with Gasteiger partial charge in [0.25, 0.3) is 0 Å². The van der Waals surface area contributed by atoms with Crippen molar-refractivity contribution in [3.63, 3.8) is 0 Å². The standard InChI is InChI=1S/C19H30N4O/c1-16-5-2-3-8-23(16)19(24)15-22-11-9-21(10-12-22)14-17-6-4-7-18(20)13-17/h4,6-7,13,16H,2-3,5,8-12,14-15,20H2,1H3. The van der Waals surface area contributed by atoms with E-state index in [1.807, 2.05) is 18.2 Å². The first kappa shape index (κ1) is 17.2. The summed E-state index contributed by atoms with van der Waals surface area (Å²) < 4.78 is 0. The zero-order chi connectivity index (χ0) is 16.9. The molecule has 5 nitrogen and oxygen atoms in total. The number of benzene rings is 1. The Morgan fingerprint density at radius 3 is 2.58 bits per heavy atom. The summed E-state index contributed by atoms with van der Waals surface area (Å²) in [6.45, 7) is 8.60. The van der Waals surface area contributed by atoms with Crippen molar-refractivity contribution in [3.05, 3.63) is 29.8 Å². The molecule has 24 heavy (non-hydrogen) atoms. The molecular formula is C19H30N4O. The molecule has 1 aromatic rings. The number of hydrogen-bond acceptors (Lipinski definition) is 4. The Bertz CT molecular complexity index is 554. The van der Waals surface area contributed by atoms with Crippen LogP contribution in [0.25, 0.3) is 0 Å². The number of nitrogen functional groups attached to an aromatic ring is 1. The van der Waals surface area contributed by atoms with Crippen LogP contribution in [0.3, 0.4) is 0 Å². The monoisotopic (exact) mass is 330 g/mol. The number of piperidine rings is 1. The molecule has 132 valence electrons. The summed E-state index contributed by atoms with van der Waals surface area (Å²) in [6.07, 6.45) is 3.57. The number of anilines is 1. The van der Waals surface area contributed by atoms with Gasteiger partial charge in [-0.05, 0) is 43.9 Å². The third-order valence-corrected chi connectivity index (χ3v) is 5.30. The minimum atomic E-state index is 0.312. The van der Waals surface area contributed by atoms with Gasteiger partial charge in [0.2, 0.25) is 5.91 Å². The lowest BCUT2D eigenvalue weighted by molar-refractivity contribution is -0.136. The molecule has 0 bridgehead atoms. The Labute approximate surface area is 145 Å². The highest BCUT2D eigenvalue weighted by atomic mass is 16.2. The van der Waals surface area contributed by atoms with Crippen molar-refractivity contribution in [3.8, 4) is 0 Å². The van der Waals surface area contributed by atoms with Gasteiger partial charge in [0.05, 0.1) is 6.54 Å². The molecular weight excluding hydrogens is 300 g/mol. The predicted octanol–water partition coefficient (Wildman–Crippen LogP) is 1.79. The third-order valence-electron chi connectivity index (χ3n) is 5.30. The quantitative estimate of drug-likeness (QED) is 0.855. The second kappa shape index (κ2) is 7.99. The molecule has 2 N–H and O–H groups in total. The van der Waals surface area contributed by atoms with E-state index in [1.165, 1.54) is 12.0 Å². The van der Waals surface area contributed by atoms with Crippen molar-refractivity contribution >= 4 is 11.6 Å². The van der Waals surface area contributed by atoms with Crippen LogP contribution in [0.15, 0.2) is 24.3 Å². The second-order valence-corrected chi connectivity index (χ2v) is 7.23. The van der Waals surface area contributed by atoms with Gasteiger partial charge in [-0.1, -0.05) is 12.1 Å². The van der Waals surface area contributed by atoms with E-state index in [1.54, 1.807) is 0 Å². The number of likely N-dealkylation sites (tertiary alicyclic amines) is 1. The molecule has 2 fully saturated rings. The van der Waals surface area contributed by atoms with Crippen molar-refractivity contribution < 1.29 is 4.79 Å². The first-order valence-corrected chi connectivity index (χ1v) is 9.20. The van der Waals surface area contributed by atoms with Gasteiger partial charge in [-0.2, -0.15) is 0 Å². The lowest BCUT2D eigenvalue weighted by Crippen LogP contribution is -2.51. The van der Waals surface area contributed by atoms with Gasteiger partial charge in [-0.3, -0.25) is 14.6 Å². The summed E-state index contributed by atoms with van der Waals surface area (Å²) in [5.41, 5.74) is 7.95. The molecule has 2 aliphatic heterocycles. The highest BCUT2D eigenvalue weighted by Gasteiger charge is 2.26. The van der Waals surface area contributed by atoms with Crippen LogP contribution in [-0.2, 0) is 11.3 Å². The van der Waals surface area contributed by atoms with Crippen LogP contribution in [0.1, 0.15) is 31.7 Å². The largest absolute Gasteiger partial charge is 0.399 e. The van der Waals surface area contributed by atoms with E-state index >= 15 is 0 Å². The number of rotatable bonds is 4. The number of amides is 1. The zero-order valence-corrected chi connectivity index (χ0v) is 14.8. The number of piperazine rings is 1. The van der Waals surface area contributed by atoms with Gasteiger partial charge >= 0.3 is 0 Å². The molecule has 1 unspecified atom stereocenters. The molecule has 1 atom stereocenters. The Morgan fingerprint density at radius 1 is 1.12 bits per heavy atom. The van der Waals surface area contributed by atoms with Crippen LogP contribution in [0.5, 0.6) is 0 Å². The van der Waals surface area contributed by atoms with Crippen LogP contribution in [0.4, 0.5) is 5.69 Å². The summed E-state index contributed by atoms with van der Waals surface area (Å²) in [5, 5.41) is 0. The van der Waals surface area contributed by atoms with Gasteiger partial charge in [-0.15, -0.1) is 0 Å². The molecule has 0 radical (unpaired) electrons. The van der Waals surface area contributed by atoms with Gasteiger partial charge in [0.1, 0.15) is 0 Å². The molecule has 0 spiro atoms. The van der Waals surface area contributed by atoms with Crippen molar-refractivity contribution in [1.82, 2.24) is 14.7 Å². The molecule has 5 heteroatoms. The number of nitrogens with zero attached hydrogens (tertiary/aromatic N) is 3. The van der Waals surface area contributed by atoms with E-state index in [0.717, 1.165) is 57.8 Å². The fourth-order valence-corrected chi connectivity index (χ4v) is 3.81. The van der Waals surface area contributed by atoms with E-state index in [9.17, 15) is 4.79 Å². The van der Waals surface area contributed by atoms with Crippen LogP contribution in [-0.4, -0.2) is 65.9 Å². The van der Waals surface area contributed by atoms with E-state index in [0.29, 0.717) is 18.5 Å². The normalized spacial score (nSPS) is 23.4. The van der Waals surface area contributed by atoms with Crippen molar-refractivity contribution in [2.45, 2.75) is 38.8 Å². The lowest BCUT2D eigenvalue weighted by atomic mass is 10.0. The Morgan fingerprint density at radius 2 is 1.88 bits per heavy atom. The minimum absolute atomic E-state index is 0.312. The maximum atomic E-state index is 12.5. The van der Waals surface area contributed by atoms with Crippen LogP contribution < -0.4 is 5.73 Å². The molecule has 1 aromatic carbocycles. The highest BCUT2D eigenvalue weighted by Crippen LogP contribution is 2.17. The van der Waals surface area contributed by atoms with E-state index in [-0.39, 0.29) is 0 Å². The Kier molecular flexibility index (Phi) is 5.74. The van der Waals surface area contributed by atoms with Crippen molar-refractivity contribution in [2.75, 3.05) is 45.0 Å². The fraction of sp³-hybridized carbons (Fsp3) is 0.632. The Balaban J connectivity index is 1.44. The molecule has 2 aliphatic rings. The lowest BCUT2D eigenvalue weighted by Gasteiger charge is -2.38. The first-order chi connectivity index (χ1) is 11.6. The number of nitrogens with two attached hydrogens (primary N) is 1. The summed E-state index contributed by atoms with van der Waals surface area (Å²) >= 11 is 0. The van der Waals surface area contributed by atoms with Crippen LogP contribution in [0.2, 0.25) is 0 Å². The maximum absolute atomic E-state index is 12.5. The zero-order valence-electron chi connectivity index (χ0n) is 14.8. The summed E-state index contributed by atoms with van der Waals surface area (Å²) in [6, 6.07) is 8.53. The molecule has 0 saturated carbocycles. The van der Waals surface area contributed by atoms with Crippen LogP contribution in [0, 0.1) is 0 Å². The minimum Gasteiger partial charge on any atom is -0.399 e. The first-order valence-electron chi connectivity index (χ1n) is 9.20. The summed E-state index contributed by atoms with van der Waals surface area (Å²) in [5.74, 6) is 0.312. The van der Waals surface area contributed by atoms with Crippen molar-refractivity contribution in [1.29, 1.82) is 0 Å². The summed E-state index contributed by atoms with van der Waals surface area (Å²) in [7, 11) is 0. The van der Waals surface area contributed by atoms with E-state index in [4.69, 9.17) is 5.73 Å². The molecule has 3 rings (SSSR count). The average Bonchev–Trinajstić information content (AvgIpc) is 2.57. The topological polar surface area (TPSA) is 52.8 Å². The molecule has 1 amide bonds. The average molecular weight is 330 g/mol. The van der Waals surface area contributed by atoms with Gasteiger partial charge in [-0.25, -0.2) is 0 Å². The third kappa shape index (κ3) is 4.48. The number of carbonyl (C=O) groups is 1. The highest BCUT2D eigenvalue weighted by molar-refractivity contribution is 5.78. The number of carbonyl (C=O) groups excluding carboxylic acids is 1. The molecule has 0 aliphatic carbocycles. The molecule has 0 aromatic heterocycles. The smallest absolute Gasteiger partial charge is 0.236 e. The van der Waals surface area contributed by atoms with Gasteiger partial charge in [0, 0.05) is 51.0 Å². The second-order valence-electron chi connectivity index (χ2n) is 7.23. The van der Waals surface area contributed by atoms with Gasteiger partial charge < -0.3 is 10.6 Å². The molecule has 2 saturated heterocycles. The predicted molar refractivity (Wildman–Crippen MR) is 97.6 cm³/mol. The van der Waals surface area contributed by atoms with Gasteiger partial charge in [0.15, 0.2) is 0 Å². The maximum Gasteiger partial charge on any atom is 0.236 e.